The first-order valence-corrected chi connectivity index (χ1v) is 8.77. The van der Waals surface area contributed by atoms with E-state index in [0.29, 0.717) is 11.7 Å². The Kier molecular flexibility index (Phi) is 4.77. The Bertz CT molecular complexity index is 645. The topological polar surface area (TPSA) is 62.5 Å². The van der Waals surface area contributed by atoms with Crippen LogP contribution in [0.15, 0.2) is 22.0 Å². The Hall–Kier alpha value is -1.73. The summed E-state index contributed by atoms with van der Waals surface area (Å²) in [7, 11) is 3.64. The molecule has 6 nitrogen and oxygen atoms in total. The van der Waals surface area contributed by atoms with Gasteiger partial charge < -0.3 is 9.42 Å². The zero-order valence-electron chi connectivity index (χ0n) is 13.7. The maximum Gasteiger partial charge on any atom is 0.244 e. The number of hydrogen-bond acceptors (Lipinski definition) is 6. The summed E-state index contributed by atoms with van der Waals surface area (Å²) < 4.78 is 5.44. The molecule has 1 fully saturated rings. The average molecular weight is 334 g/mol. The molecule has 0 aromatic carbocycles. The maximum absolute atomic E-state index is 12.0. The number of hydrogen-bond donors (Lipinski definition) is 0. The minimum atomic E-state index is 0.0756. The van der Waals surface area contributed by atoms with Crippen LogP contribution in [0.5, 0.6) is 0 Å². The molecular formula is C16H22N4O2S. The van der Waals surface area contributed by atoms with Crippen molar-refractivity contribution in [3.05, 3.63) is 23.4 Å². The molecule has 0 aliphatic carbocycles. The Morgan fingerprint density at radius 2 is 2.17 bits per heavy atom. The predicted molar refractivity (Wildman–Crippen MR) is 89.0 cm³/mol. The fourth-order valence-electron chi connectivity index (χ4n) is 2.97. The molecule has 3 heterocycles. The van der Waals surface area contributed by atoms with Crippen molar-refractivity contribution in [2.24, 2.45) is 5.92 Å². The van der Waals surface area contributed by atoms with E-state index >= 15 is 0 Å². The number of rotatable bonds is 4. The molecule has 0 spiro atoms. The Morgan fingerprint density at radius 3 is 2.78 bits per heavy atom. The van der Waals surface area contributed by atoms with Crippen LogP contribution in [0.1, 0.15) is 31.7 Å². The van der Waals surface area contributed by atoms with Gasteiger partial charge in [-0.25, -0.2) is 0 Å². The highest BCUT2D eigenvalue weighted by Gasteiger charge is 2.30. The monoisotopic (exact) mass is 334 g/mol. The normalized spacial score (nSPS) is 18.0. The van der Waals surface area contributed by atoms with E-state index in [2.05, 4.69) is 22.0 Å². The summed E-state index contributed by atoms with van der Waals surface area (Å²) >= 11 is 1.60. The van der Waals surface area contributed by atoms with Crippen molar-refractivity contribution in [1.29, 1.82) is 0 Å². The summed E-state index contributed by atoms with van der Waals surface area (Å²) in [5.74, 6) is 1.66. The number of carbonyl (C=O) groups is 1. The summed E-state index contributed by atoms with van der Waals surface area (Å²) in [6.07, 6.45) is 1.76. The molecule has 3 rings (SSSR count). The molecule has 0 radical (unpaired) electrons. The quantitative estimate of drug-likeness (QED) is 0.860. The first-order chi connectivity index (χ1) is 11.1. The van der Waals surface area contributed by atoms with E-state index in [1.165, 1.54) is 0 Å². The van der Waals surface area contributed by atoms with Gasteiger partial charge in [0.25, 0.3) is 0 Å². The summed E-state index contributed by atoms with van der Waals surface area (Å²) in [5.41, 5.74) is 0. The molecular weight excluding hydrogens is 312 g/mol. The van der Waals surface area contributed by atoms with Gasteiger partial charge in [-0.2, -0.15) is 4.98 Å². The lowest BCUT2D eigenvalue weighted by Crippen LogP contribution is -2.41. The van der Waals surface area contributed by atoms with Crippen LogP contribution in [0.25, 0.3) is 10.7 Å². The summed E-state index contributed by atoms with van der Waals surface area (Å²) in [5, 5.41) is 6.08. The Balaban J connectivity index is 1.61. The predicted octanol–water partition coefficient (Wildman–Crippen LogP) is 2.66. The SMILES string of the molecule is CC(c1nc(-c2cccs2)no1)N1CCC(C(=O)N(C)C)CC1. The highest BCUT2D eigenvalue weighted by Crippen LogP contribution is 2.28. The summed E-state index contributed by atoms with van der Waals surface area (Å²) in [4.78, 5) is 21.6. The molecule has 7 heteroatoms. The molecule has 1 amide bonds. The molecule has 0 N–H and O–H groups in total. The fourth-order valence-corrected chi connectivity index (χ4v) is 3.62. The highest BCUT2D eigenvalue weighted by molar-refractivity contribution is 7.13. The molecule has 1 aliphatic rings. The van der Waals surface area contributed by atoms with Crippen LogP contribution in [-0.4, -0.2) is 53.0 Å². The van der Waals surface area contributed by atoms with Crippen molar-refractivity contribution in [3.8, 4) is 10.7 Å². The number of likely N-dealkylation sites (tertiary alicyclic amines) is 1. The van der Waals surface area contributed by atoms with E-state index in [4.69, 9.17) is 4.52 Å². The van der Waals surface area contributed by atoms with E-state index in [-0.39, 0.29) is 17.9 Å². The van der Waals surface area contributed by atoms with Crippen molar-refractivity contribution in [1.82, 2.24) is 19.9 Å². The zero-order chi connectivity index (χ0) is 16.4. The molecule has 1 unspecified atom stereocenters. The van der Waals surface area contributed by atoms with Gasteiger partial charge in [0.2, 0.25) is 17.6 Å². The molecule has 23 heavy (non-hydrogen) atoms. The highest BCUT2D eigenvalue weighted by atomic mass is 32.1. The van der Waals surface area contributed by atoms with Crippen molar-refractivity contribution >= 4 is 17.2 Å². The van der Waals surface area contributed by atoms with Crippen LogP contribution >= 0.6 is 11.3 Å². The van der Waals surface area contributed by atoms with Gasteiger partial charge in [-0.15, -0.1) is 11.3 Å². The zero-order valence-corrected chi connectivity index (χ0v) is 14.5. The van der Waals surface area contributed by atoms with Gasteiger partial charge >= 0.3 is 0 Å². The first kappa shape index (κ1) is 16.1. The maximum atomic E-state index is 12.0. The summed E-state index contributed by atoms with van der Waals surface area (Å²) in [6.45, 7) is 3.84. The van der Waals surface area contributed by atoms with Gasteiger partial charge in [0.05, 0.1) is 10.9 Å². The molecule has 1 saturated heterocycles. The largest absolute Gasteiger partial charge is 0.349 e. The molecule has 2 aromatic heterocycles. The van der Waals surface area contributed by atoms with Crippen molar-refractivity contribution in [2.75, 3.05) is 27.2 Å². The number of piperidine rings is 1. The number of amides is 1. The van der Waals surface area contributed by atoms with E-state index in [1.807, 2.05) is 31.6 Å². The van der Waals surface area contributed by atoms with Gasteiger partial charge in [0.1, 0.15) is 0 Å². The standard InChI is InChI=1S/C16H22N4O2S/c1-11(15-17-14(18-22-15)13-5-4-10-23-13)20-8-6-12(7-9-20)16(21)19(2)3/h4-5,10-12H,6-9H2,1-3H3. The van der Waals surface area contributed by atoms with Gasteiger partial charge in [-0.1, -0.05) is 11.2 Å². The number of carbonyl (C=O) groups excluding carboxylic acids is 1. The minimum absolute atomic E-state index is 0.0756. The number of thiophene rings is 1. The molecule has 0 saturated carbocycles. The van der Waals surface area contributed by atoms with Crippen LogP contribution in [0.2, 0.25) is 0 Å². The second-order valence-electron chi connectivity index (χ2n) is 6.15. The first-order valence-electron chi connectivity index (χ1n) is 7.89. The minimum Gasteiger partial charge on any atom is -0.349 e. The van der Waals surface area contributed by atoms with Crippen LogP contribution < -0.4 is 0 Å². The third-order valence-corrected chi connectivity index (χ3v) is 5.27. The summed E-state index contributed by atoms with van der Waals surface area (Å²) in [6, 6.07) is 4.04. The third-order valence-electron chi connectivity index (χ3n) is 4.41. The van der Waals surface area contributed by atoms with E-state index in [1.54, 1.807) is 16.2 Å². The van der Waals surface area contributed by atoms with Crippen molar-refractivity contribution in [2.45, 2.75) is 25.8 Å². The van der Waals surface area contributed by atoms with Crippen LogP contribution in [0.4, 0.5) is 0 Å². The van der Waals surface area contributed by atoms with E-state index < -0.39 is 0 Å². The average Bonchev–Trinajstić information content (AvgIpc) is 3.24. The van der Waals surface area contributed by atoms with E-state index in [0.717, 1.165) is 30.8 Å². The smallest absolute Gasteiger partial charge is 0.244 e. The van der Waals surface area contributed by atoms with Gasteiger partial charge in [-0.3, -0.25) is 9.69 Å². The molecule has 0 bridgehead atoms. The lowest BCUT2D eigenvalue weighted by Gasteiger charge is -2.34. The molecule has 124 valence electrons. The lowest BCUT2D eigenvalue weighted by atomic mass is 9.94. The number of aromatic nitrogens is 2. The van der Waals surface area contributed by atoms with Crippen LogP contribution in [0, 0.1) is 5.92 Å². The second-order valence-corrected chi connectivity index (χ2v) is 7.10. The van der Waals surface area contributed by atoms with Gasteiger partial charge in [0.15, 0.2) is 0 Å². The number of nitrogens with zero attached hydrogens (tertiary/aromatic N) is 4. The van der Waals surface area contributed by atoms with Crippen LogP contribution in [-0.2, 0) is 4.79 Å². The molecule has 1 atom stereocenters. The van der Waals surface area contributed by atoms with Gasteiger partial charge in [-0.05, 0) is 44.3 Å². The van der Waals surface area contributed by atoms with E-state index in [9.17, 15) is 4.79 Å². The molecule has 1 aliphatic heterocycles. The van der Waals surface area contributed by atoms with Crippen LogP contribution in [0.3, 0.4) is 0 Å². The Morgan fingerprint density at radius 1 is 1.43 bits per heavy atom. The van der Waals surface area contributed by atoms with Crippen molar-refractivity contribution in [3.63, 3.8) is 0 Å². The fraction of sp³-hybridized carbons (Fsp3) is 0.562. The third kappa shape index (κ3) is 3.45. The van der Waals surface area contributed by atoms with Gasteiger partial charge in [0, 0.05) is 20.0 Å². The Labute approximate surface area is 140 Å². The second kappa shape index (κ2) is 6.80. The lowest BCUT2D eigenvalue weighted by molar-refractivity contribution is -0.134. The molecule has 2 aromatic rings. The van der Waals surface area contributed by atoms with Crippen molar-refractivity contribution < 1.29 is 9.32 Å².